The molecule has 0 saturated heterocycles. The molecular formula is C15H16BrClFNS. The first-order valence-corrected chi connectivity index (χ1v) is 8.55. The van der Waals surface area contributed by atoms with E-state index >= 15 is 0 Å². The molecule has 0 fully saturated rings. The van der Waals surface area contributed by atoms with E-state index in [4.69, 9.17) is 11.6 Å². The molecule has 1 nitrogen and oxygen atoms in total. The number of thiophene rings is 1. The van der Waals surface area contributed by atoms with Crippen LogP contribution < -0.4 is 5.32 Å². The summed E-state index contributed by atoms with van der Waals surface area (Å²) >= 11 is 11.1. The summed E-state index contributed by atoms with van der Waals surface area (Å²) in [6.07, 6.45) is 1.50. The first-order chi connectivity index (χ1) is 9.61. The van der Waals surface area contributed by atoms with Crippen molar-refractivity contribution in [3.8, 4) is 0 Å². The van der Waals surface area contributed by atoms with Crippen LogP contribution in [0.25, 0.3) is 0 Å². The molecular weight excluding hydrogens is 361 g/mol. The van der Waals surface area contributed by atoms with Crippen LogP contribution in [0.1, 0.15) is 17.4 Å². The first kappa shape index (κ1) is 16.0. The smallest absolute Gasteiger partial charge is 0.145 e. The average Bonchev–Trinajstić information content (AvgIpc) is 2.81. The Morgan fingerprint density at radius 3 is 2.80 bits per heavy atom. The van der Waals surface area contributed by atoms with Crippen molar-refractivity contribution < 1.29 is 4.39 Å². The van der Waals surface area contributed by atoms with Crippen molar-refractivity contribution in [1.82, 2.24) is 5.32 Å². The van der Waals surface area contributed by atoms with Gasteiger partial charge in [0.1, 0.15) is 5.82 Å². The van der Waals surface area contributed by atoms with Gasteiger partial charge < -0.3 is 5.32 Å². The van der Waals surface area contributed by atoms with E-state index in [0.717, 1.165) is 17.4 Å². The molecule has 0 aliphatic carbocycles. The van der Waals surface area contributed by atoms with Crippen LogP contribution in [0, 0.1) is 5.82 Å². The second kappa shape index (κ2) is 7.55. The molecule has 0 amide bonds. The van der Waals surface area contributed by atoms with E-state index in [1.54, 1.807) is 29.5 Å². The zero-order chi connectivity index (χ0) is 14.5. The van der Waals surface area contributed by atoms with Gasteiger partial charge in [-0.05, 0) is 58.4 Å². The molecule has 1 N–H and O–H groups in total. The summed E-state index contributed by atoms with van der Waals surface area (Å²) < 4.78 is 15.1. The molecule has 0 aliphatic heterocycles. The summed E-state index contributed by atoms with van der Waals surface area (Å²) in [7, 11) is 0. The summed E-state index contributed by atoms with van der Waals surface area (Å²) in [5.41, 5.74) is 0.663. The molecule has 1 aromatic carbocycles. The molecule has 1 atom stereocenters. The Bertz CT molecular complexity index is 573. The number of hydrogen-bond acceptors (Lipinski definition) is 2. The van der Waals surface area contributed by atoms with Gasteiger partial charge in [0.2, 0.25) is 0 Å². The number of benzene rings is 1. The van der Waals surface area contributed by atoms with Crippen LogP contribution in [-0.2, 0) is 12.8 Å². The van der Waals surface area contributed by atoms with Crippen molar-refractivity contribution in [3.05, 3.63) is 55.4 Å². The highest BCUT2D eigenvalue weighted by Gasteiger charge is 2.15. The van der Waals surface area contributed by atoms with Crippen molar-refractivity contribution in [3.63, 3.8) is 0 Å². The molecule has 0 saturated carbocycles. The zero-order valence-corrected chi connectivity index (χ0v) is 14.3. The van der Waals surface area contributed by atoms with E-state index < -0.39 is 0 Å². The van der Waals surface area contributed by atoms with Gasteiger partial charge in [-0.1, -0.05) is 30.7 Å². The van der Waals surface area contributed by atoms with Crippen molar-refractivity contribution >= 4 is 38.9 Å². The molecule has 0 radical (unpaired) electrons. The molecule has 1 unspecified atom stereocenters. The fourth-order valence-electron chi connectivity index (χ4n) is 2.17. The highest BCUT2D eigenvalue weighted by molar-refractivity contribution is 9.10. The van der Waals surface area contributed by atoms with Crippen molar-refractivity contribution in [2.75, 3.05) is 6.54 Å². The van der Waals surface area contributed by atoms with Gasteiger partial charge in [-0.3, -0.25) is 0 Å². The molecule has 2 aromatic rings. The van der Waals surface area contributed by atoms with Crippen LogP contribution in [0.2, 0.25) is 5.02 Å². The number of rotatable bonds is 6. The van der Waals surface area contributed by atoms with E-state index in [2.05, 4.69) is 33.6 Å². The van der Waals surface area contributed by atoms with E-state index in [1.807, 2.05) is 6.07 Å². The van der Waals surface area contributed by atoms with Gasteiger partial charge in [-0.25, -0.2) is 4.39 Å². The van der Waals surface area contributed by atoms with E-state index in [0.29, 0.717) is 12.0 Å². The zero-order valence-electron chi connectivity index (χ0n) is 11.1. The van der Waals surface area contributed by atoms with E-state index in [-0.39, 0.29) is 16.9 Å². The molecule has 0 aliphatic rings. The fraction of sp³-hybridized carbons (Fsp3) is 0.333. The second-order valence-electron chi connectivity index (χ2n) is 4.57. The molecule has 108 valence electrons. The van der Waals surface area contributed by atoms with E-state index in [1.165, 1.54) is 4.88 Å². The summed E-state index contributed by atoms with van der Waals surface area (Å²) in [6, 6.07) is 7.42. The molecule has 1 aromatic heterocycles. The van der Waals surface area contributed by atoms with Gasteiger partial charge >= 0.3 is 0 Å². The molecule has 20 heavy (non-hydrogen) atoms. The van der Waals surface area contributed by atoms with Gasteiger partial charge in [0.05, 0.1) is 5.02 Å². The minimum atomic E-state index is -0.303. The number of hydrogen-bond donors (Lipinski definition) is 1. The summed E-state index contributed by atoms with van der Waals surface area (Å²) in [5.74, 6) is -0.303. The third kappa shape index (κ3) is 4.04. The van der Waals surface area contributed by atoms with Crippen LogP contribution in [0.4, 0.5) is 4.39 Å². The normalized spacial score (nSPS) is 12.6. The summed E-state index contributed by atoms with van der Waals surface area (Å²) in [5, 5.41) is 5.67. The number of halogens is 3. The second-order valence-corrected chi connectivity index (χ2v) is 6.83. The lowest BCUT2D eigenvalue weighted by atomic mass is 10.0. The van der Waals surface area contributed by atoms with Crippen LogP contribution >= 0.6 is 38.9 Å². The molecule has 5 heteroatoms. The van der Waals surface area contributed by atoms with Crippen LogP contribution in [0.3, 0.4) is 0 Å². The Morgan fingerprint density at radius 2 is 2.15 bits per heavy atom. The van der Waals surface area contributed by atoms with Gasteiger partial charge in [0, 0.05) is 15.4 Å². The Labute approximate surface area is 136 Å². The third-order valence-electron chi connectivity index (χ3n) is 3.11. The molecule has 1 heterocycles. The quantitative estimate of drug-likeness (QED) is 0.742. The third-order valence-corrected chi connectivity index (χ3v) is 5.35. The molecule has 2 rings (SSSR count). The number of likely N-dealkylation sites (N-methyl/N-ethyl adjacent to an activating group) is 1. The summed E-state index contributed by atoms with van der Waals surface area (Å²) in [4.78, 5) is 1.28. The minimum Gasteiger partial charge on any atom is -0.314 e. The van der Waals surface area contributed by atoms with Crippen LogP contribution in [-0.4, -0.2) is 12.6 Å². The first-order valence-electron chi connectivity index (χ1n) is 6.50. The summed E-state index contributed by atoms with van der Waals surface area (Å²) in [6.45, 7) is 2.92. The molecule has 0 spiro atoms. The van der Waals surface area contributed by atoms with Crippen molar-refractivity contribution in [1.29, 1.82) is 0 Å². The Morgan fingerprint density at radius 1 is 1.35 bits per heavy atom. The lowest BCUT2D eigenvalue weighted by Crippen LogP contribution is -2.33. The van der Waals surface area contributed by atoms with E-state index in [9.17, 15) is 4.39 Å². The van der Waals surface area contributed by atoms with Crippen LogP contribution in [0.5, 0.6) is 0 Å². The lowest BCUT2D eigenvalue weighted by molar-refractivity contribution is 0.508. The van der Waals surface area contributed by atoms with Crippen molar-refractivity contribution in [2.45, 2.75) is 25.8 Å². The van der Waals surface area contributed by atoms with Crippen LogP contribution in [0.15, 0.2) is 34.1 Å². The minimum absolute atomic E-state index is 0.190. The monoisotopic (exact) mass is 375 g/mol. The number of nitrogens with one attached hydrogen (secondary N) is 1. The Kier molecular flexibility index (Phi) is 6.02. The predicted molar refractivity (Wildman–Crippen MR) is 88.3 cm³/mol. The Balaban J connectivity index is 2.13. The maximum Gasteiger partial charge on any atom is 0.145 e. The van der Waals surface area contributed by atoms with Gasteiger partial charge in [-0.2, -0.15) is 0 Å². The predicted octanol–water partition coefficient (Wildman–Crippen LogP) is 5.07. The lowest BCUT2D eigenvalue weighted by Gasteiger charge is -2.18. The topological polar surface area (TPSA) is 12.0 Å². The maximum absolute atomic E-state index is 14.0. The largest absolute Gasteiger partial charge is 0.314 e. The van der Waals surface area contributed by atoms with Gasteiger partial charge in [-0.15, -0.1) is 11.3 Å². The van der Waals surface area contributed by atoms with Crippen molar-refractivity contribution in [2.24, 2.45) is 0 Å². The fourth-order valence-corrected chi connectivity index (χ4v) is 3.96. The SMILES string of the molecule is CCNC(Cc1cccc(Cl)c1F)Cc1sccc1Br. The average molecular weight is 377 g/mol. The van der Waals surface area contributed by atoms with Gasteiger partial charge in [0.15, 0.2) is 0 Å². The molecule has 0 bridgehead atoms. The maximum atomic E-state index is 14.0. The Hall–Kier alpha value is -0.420. The standard InChI is InChI=1S/C15H16BrClFNS/c1-2-19-11(9-14-12(16)6-7-20-14)8-10-4-3-5-13(17)15(10)18/h3-7,11,19H,2,8-9H2,1H3. The van der Waals surface area contributed by atoms with Gasteiger partial charge in [0.25, 0.3) is 0 Å². The highest BCUT2D eigenvalue weighted by atomic mass is 79.9. The highest BCUT2D eigenvalue weighted by Crippen LogP contribution is 2.25.